The van der Waals surface area contributed by atoms with E-state index in [1.807, 2.05) is 30.5 Å². The number of aromatic nitrogens is 2. The third kappa shape index (κ3) is 2.42. The number of carbonyl (C=O) groups excluding carboxylic acids is 1. The summed E-state index contributed by atoms with van der Waals surface area (Å²) >= 11 is 0. The number of fused-ring (bicyclic) bond motifs is 1. The van der Waals surface area contributed by atoms with Crippen LogP contribution in [0.15, 0.2) is 61.0 Å². The summed E-state index contributed by atoms with van der Waals surface area (Å²) in [7, 11) is 1.59. The smallest absolute Gasteiger partial charge is 0.195 e. The summed E-state index contributed by atoms with van der Waals surface area (Å²) in [6.45, 7) is 0. The van der Waals surface area contributed by atoms with Crippen molar-refractivity contribution in [2.75, 3.05) is 7.11 Å². The number of pyridine rings is 1. The third-order valence-electron chi connectivity index (χ3n) is 4.25. The number of nitrogens with one attached hydrogen (secondary N) is 1. The molecule has 0 spiro atoms. The number of aromatic amines is 1. The second-order valence-corrected chi connectivity index (χ2v) is 5.71. The first-order valence-corrected chi connectivity index (χ1v) is 7.78. The Kier molecular flexibility index (Phi) is 3.50. The van der Waals surface area contributed by atoms with Crippen LogP contribution in [0.3, 0.4) is 0 Å². The molecular formula is C20H16N2O2. The molecule has 2 heterocycles. The van der Waals surface area contributed by atoms with Gasteiger partial charge in [0.2, 0.25) is 0 Å². The van der Waals surface area contributed by atoms with Crippen LogP contribution in [0.1, 0.15) is 27.9 Å². The van der Waals surface area contributed by atoms with Crippen molar-refractivity contribution in [1.29, 1.82) is 0 Å². The zero-order chi connectivity index (χ0) is 16.5. The molecule has 1 aromatic carbocycles. The van der Waals surface area contributed by atoms with Crippen LogP contribution >= 0.6 is 0 Å². The van der Waals surface area contributed by atoms with Gasteiger partial charge in [-0.25, -0.2) is 4.98 Å². The number of ketones is 1. The number of nitrogens with zero attached hydrogens (tertiary/aromatic N) is 1. The van der Waals surface area contributed by atoms with Crippen LogP contribution in [-0.2, 0) is 0 Å². The molecule has 4 heteroatoms. The molecule has 24 heavy (non-hydrogen) atoms. The number of methoxy groups -OCH3 is 1. The number of hydrogen-bond acceptors (Lipinski definition) is 3. The van der Waals surface area contributed by atoms with Crippen molar-refractivity contribution in [3.8, 4) is 5.75 Å². The van der Waals surface area contributed by atoms with E-state index in [1.54, 1.807) is 25.4 Å². The maximum absolute atomic E-state index is 12.9. The quantitative estimate of drug-likeness (QED) is 0.736. The number of carbonyl (C=O) groups is 1. The summed E-state index contributed by atoms with van der Waals surface area (Å²) in [6, 6.07) is 9.22. The Morgan fingerprint density at radius 2 is 2.21 bits per heavy atom. The van der Waals surface area contributed by atoms with E-state index in [1.165, 1.54) is 5.57 Å². The van der Waals surface area contributed by atoms with Gasteiger partial charge in [0.1, 0.15) is 11.4 Å². The zero-order valence-electron chi connectivity index (χ0n) is 13.2. The molecule has 0 aliphatic heterocycles. The second-order valence-electron chi connectivity index (χ2n) is 5.71. The van der Waals surface area contributed by atoms with Crippen LogP contribution in [0, 0.1) is 0 Å². The Balaban J connectivity index is 1.78. The van der Waals surface area contributed by atoms with Crippen molar-refractivity contribution in [3.05, 3.63) is 77.6 Å². The molecule has 1 aliphatic rings. The predicted molar refractivity (Wildman–Crippen MR) is 94.3 cm³/mol. The number of H-pyrrole nitrogens is 1. The van der Waals surface area contributed by atoms with Crippen molar-refractivity contribution in [3.63, 3.8) is 0 Å². The first-order valence-electron chi connectivity index (χ1n) is 7.78. The van der Waals surface area contributed by atoms with Gasteiger partial charge in [-0.1, -0.05) is 30.4 Å². The highest BCUT2D eigenvalue weighted by Gasteiger charge is 2.16. The van der Waals surface area contributed by atoms with Crippen LogP contribution < -0.4 is 4.74 Å². The lowest BCUT2D eigenvalue weighted by Crippen LogP contribution is -2.01. The highest BCUT2D eigenvalue weighted by atomic mass is 16.5. The maximum Gasteiger partial charge on any atom is 0.195 e. The van der Waals surface area contributed by atoms with E-state index in [0.29, 0.717) is 16.9 Å². The fourth-order valence-electron chi connectivity index (χ4n) is 2.95. The van der Waals surface area contributed by atoms with E-state index < -0.39 is 0 Å². The zero-order valence-corrected chi connectivity index (χ0v) is 13.2. The van der Waals surface area contributed by atoms with Gasteiger partial charge in [0.15, 0.2) is 5.78 Å². The van der Waals surface area contributed by atoms with Gasteiger partial charge in [-0.05, 0) is 35.8 Å². The molecule has 4 nitrogen and oxygen atoms in total. The summed E-state index contributed by atoms with van der Waals surface area (Å²) in [5.74, 6) is 0.624. The van der Waals surface area contributed by atoms with Crippen LogP contribution in [0.2, 0.25) is 0 Å². The highest BCUT2D eigenvalue weighted by molar-refractivity contribution is 6.16. The lowest BCUT2D eigenvalue weighted by molar-refractivity contribution is 0.104. The van der Waals surface area contributed by atoms with E-state index in [0.717, 1.165) is 23.0 Å². The van der Waals surface area contributed by atoms with Gasteiger partial charge in [-0.15, -0.1) is 0 Å². The molecule has 0 saturated heterocycles. The Labute approximate surface area is 139 Å². The number of benzene rings is 1. The van der Waals surface area contributed by atoms with E-state index in [9.17, 15) is 4.79 Å². The predicted octanol–water partition coefficient (Wildman–Crippen LogP) is 4.15. The van der Waals surface area contributed by atoms with Crippen LogP contribution in [0.25, 0.3) is 16.6 Å². The Morgan fingerprint density at radius 1 is 1.29 bits per heavy atom. The molecular weight excluding hydrogens is 300 g/mol. The minimum Gasteiger partial charge on any atom is -0.497 e. The molecule has 0 bridgehead atoms. The van der Waals surface area contributed by atoms with Crippen LogP contribution in [0.4, 0.5) is 0 Å². The molecule has 1 N–H and O–H groups in total. The van der Waals surface area contributed by atoms with Gasteiger partial charge < -0.3 is 9.72 Å². The molecule has 0 atom stereocenters. The fraction of sp³-hybridized carbons (Fsp3) is 0.100. The van der Waals surface area contributed by atoms with E-state index in [-0.39, 0.29) is 5.78 Å². The van der Waals surface area contributed by atoms with Crippen molar-refractivity contribution >= 4 is 22.4 Å². The number of allylic oxidation sites excluding steroid dienone is 4. The lowest BCUT2D eigenvalue weighted by Gasteiger charge is -2.05. The van der Waals surface area contributed by atoms with Crippen molar-refractivity contribution < 1.29 is 9.53 Å². The van der Waals surface area contributed by atoms with Gasteiger partial charge in [0, 0.05) is 28.9 Å². The summed E-state index contributed by atoms with van der Waals surface area (Å²) in [6.07, 6.45) is 10.7. The molecule has 0 radical (unpaired) electrons. The van der Waals surface area contributed by atoms with Gasteiger partial charge in [-0.2, -0.15) is 0 Å². The molecule has 1 aliphatic carbocycles. The first-order chi connectivity index (χ1) is 11.8. The summed E-state index contributed by atoms with van der Waals surface area (Å²) in [5, 5.41) is 0.841. The van der Waals surface area contributed by atoms with Gasteiger partial charge in [0.25, 0.3) is 0 Å². The average Bonchev–Trinajstić information content (AvgIpc) is 3.30. The monoisotopic (exact) mass is 316 g/mol. The molecule has 0 fully saturated rings. The fourth-order valence-corrected chi connectivity index (χ4v) is 2.95. The van der Waals surface area contributed by atoms with E-state index >= 15 is 0 Å². The van der Waals surface area contributed by atoms with Crippen LogP contribution in [0.5, 0.6) is 5.75 Å². The molecule has 0 unspecified atom stereocenters. The SMILES string of the molecule is COc1cccc(C(=O)c2c[nH]c3ncc(C4=CC=CC4)cc23)c1. The maximum atomic E-state index is 12.9. The first kappa shape index (κ1) is 14.5. The van der Waals surface area contributed by atoms with Gasteiger partial charge in [-0.3, -0.25) is 4.79 Å². The Morgan fingerprint density at radius 3 is 3.00 bits per heavy atom. The summed E-state index contributed by atoms with van der Waals surface area (Å²) in [5.41, 5.74) is 4.20. The number of rotatable bonds is 4. The van der Waals surface area contributed by atoms with E-state index in [4.69, 9.17) is 4.74 Å². The summed E-state index contributed by atoms with van der Waals surface area (Å²) in [4.78, 5) is 20.4. The topological polar surface area (TPSA) is 55.0 Å². The Hall–Kier alpha value is -3.14. The number of ether oxygens (including phenoxy) is 1. The molecule has 0 saturated carbocycles. The highest BCUT2D eigenvalue weighted by Crippen LogP contribution is 2.28. The van der Waals surface area contributed by atoms with Crippen molar-refractivity contribution in [1.82, 2.24) is 9.97 Å². The lowest BCUT2D eigenvalue weighted by atomic mass is 10.0. The molecule has 3 aromatic rings. The average molecular weight is 316 g/mol. The largest absolute Gasteiger partial charge is 0.497 e. The molecule has 118 valence electrons. The van der Waals surface area contributed by atoms with Crippen molar-refractivity contribution in [2.45, 2.75) is 6.42 Å². The molecule has 0 amide bonds. The molecule has 2 aromatic heterocycles. The molecule has 4 rings (SSSR count). The van der Waals surface area contributed by atoms with E-state index in [2.05, 4.69) is 22.1 Å². The second kappa shape index (κ2) is 5.81. The number of hydrogen-bond donors (Lipinski definition) is 1. The third-order valence-corrected chi connectivity index (χ3v) is 4.25. The normalized spacial score (nSPS) is 13.3. The standard InChI is InChI=1S/C20H16N2O2/c1-24-16-8-4-7-14(9-16)19(23)18-12-22-20-17(18)10-15(11-21-20)13-5-2-3-6-13/h2-5,7-12H,6H2,1H3,(H,21,22). The Bertz CT molecular complexity index is 996. The minimum absolute atomic E-state index is 0.0439. The van der Waals surface area contributed by atoms with Crippen LogP contribution in [-0.4, -0.2) is 22.9 Å². The summed E-state index contributed by atoms with van der Waals surface area (Å²) < 4.78 is 5.21. The minimum atomic E-state index is -0.0439. The van der Waals surface area contributed by atoms with Gasteiger partial charge in [0.05, 0.1) is 7.11 Å². The van der Waals surface area contributed by atoms with Gasteiger partial charge >= 0.3 is 0 Å². The van der Waals surface area contributed by atoms with Crippen molar-refractivity contribution in [2.24, 2.45) is 0 Å².